The highest BCUT2D eigenvalue weighted by Crippen LogP contribution is 2.43. The molecule has 1 aromatic heterocycles. The quantitative estimate of drug-likeness (QED) is 0.879. The van der Waals surface area contributed by atoms with E-state index in [9.17, 15) is 0 Å². The fourth-order valence-corrected chi connectivity index (χ4v) is 2.50. The summed E-state index contributed by atoms with van der Waals surface area (Å²) >= 11 is 5.97. The standard InChI is InChI=1S/C16H17ClN2/c1-11-15(3-2-10-18-11)19-16(12-4-5-12)13-6-8-14(17)9-7-13/h2-3,6-10,12,16,19H,4-5H2,1H3. The first-order valence-corrected chi connectivity index (χ1v) is 7.05. The van der Waals surface area contributed by atoms with Crippen molar-refractivity contribution in [2.45, 2.75) is 25.8 Å². The lowest BCUT2D eigenvalue weighted by molar-refractivity contribution is 0.677. The van der Waals surface area contributed by atoms with E-state index in [0.717, 1.165) is 22.3 Å². The lowest BCUT2D eigenvalue weighted by Gasteiger charge is -2.21. The number of pyridine rings is 1. The second-order valence-electron chi connectivity index (χ2n) is 5.15. The lowest BCUT2D eigenvalue weighted by atomic mass is 10.0. The van der Waals surface area contributed by atoms with Crippen LogP contribution in [0.1, 0.15) is 30.1 Å². The molecule has 0 aliphatic heterocycles. The Bertz CT molecular complexity index is 561. The molecule has 0 amide bonds. The Hall–Kier alpha value is -1.54. The zero-order valence-electron chi connectivity index (χ0n) is 10.9. The molecule has 3 heteroatoms. The maximum absolute atomic E-state index is 5.97. The van der Waals surface area contributed by atoms with E-state index in [2.05, 4.69) is 28.5 Å². The van der Waals surface area contributed by atoms with Gasteiger partial charge in [0, 0.05) is 11.2 Å². The monoisotopic (exact) mass is 272 g/mol. The van der Waals surface area contributed by atoms with Gasteiger partial charge in [-0.25, -0.2) is 0 Å². The predicted octanol–water partition coefficient (Wildman–Crippen LogP) is 4.61. The van der Waals surface area contributed by atoms with Crippen LogP contribution in [0, 0.1) is 12.8 Å². The molecule has 0 bridgehead atoms. The van der Waals surface area contributed by atoms with Gasteiger partial charge in [0.25, 0.3) is 0 Å². The van der Waals surface area contributed by atoms with Crippen molar-refractivity contribution in [3.63, 3.8) is 0 Å². The SMILES string of the molecule is Cc1ncccc1NC(c1ccc(Cl)cc1)C1CC1. The number of rotatable bonds is 4. The normalized spacial score (nSPS) is 16.1. The molecule has 1 aliphatic carbocycles. The highest BCUT2D eigenvalue weighted by Gasteiger charge is 2.32. The maximum atomic E-state index is 5.97. The molecule has 0 saturated heterocycles. The van der Waals surface area contributed by atoms with Crippen molar-refractivity contribution < 1.29 is 0 Å². The number of aryl methyl sites for hydroxylation is 1. The molecule has 1 N–H and O–H groups in total. The van der Waals surface area contributed by atoms with E-state index in [1.54, 1.807) is 0 Å². The average molecular weight is 273 g/mol. The Kier molecular flexibility index (Phi) is 3.43. The summed E-state index contributed by atoms with van der Waals surface area (Å²) in [5, 5.41) is 4.43. The number of hydrogen-bond acceptors (Lipinski definition) is 2. The fraction of sp³-hybridized carbons (Fsp3) is 0.312. The summed E-state index contributed by atoms with van der Waals surface area (Å²) in [5.41, 5.74) is 3.46. The summed E-state index contributed by atoms with van der Waals surface area (Å²) in [4.78, 5) is 4.34. The van der Waals surface area contributed by atoms with Crippen molar-refractivity contribution in [3.05, 3.63) is 58.9 Å². The molecule has 19 heavy (non-hydrogen) atoms. The molecule has 1 fully saturated rings. The minimum Gasteiger partial charge on any atom is -0.376 e. The van der Waals surface area contributed by atoms with E-state index in [1.807, 2.05) is 31.3 Å². The van der Waals surface area contributed by atoms with Gasteiger partial charge in [0.05, 0.1) is 17.4 Å². The predicted molar refractivity (Wildman–Crippen MR) is 79.5 cm³/mol. The molecule has 0 spiro atoms. The van der Waals surface area contributed by atoms with Crippen LogP contribution in [0.3, 0.4) is 0 Å². The van der Waals surface area contributed by atoms with Gasteiger partial charge in [-0.05, 0) is 55.5 Å². The third-order valence-electron chi connectivity index (χ3n) is 3.64. The molecule has 1 atom stereocenters. The van der Waals surface area contributed by atoms with Crippen molar-refractivity contribution in [2.75, 3.05) is 5.32 Å². The highest BCUT2D eigenvalue weighted by molar-refractivity contribution is 6.30. The van der Waals surface area contributed by atoms with Crippen LogP contribution in [0.25, 0.3) is 0 Å². The van der Waals surface area contributed by atoms with E-state index in [0.29, 0.717) is 6.04 Å². The zero-order valence-corrected chi connectivity index (χ0v) is 11.7. The Labute approximate surface area is 118 Å². The first-order valence-electron chi connectivity index (χ1n) is 6.67. The highest BCUT2D eigenvalue weighted by atomic mass is 35.5. The third kappa shape index (κ3) is 2.90. The molecule has 1 aliphatic rings. The molecule has 98 valence electrons. The second-order valence-corrected chi connectivity index (χ2v) is 5.58. The number of halogens is 1. The number of nitrogens with zero attached hydrogens (tertiary/aromatic N) is 1. The fourth-order valence-electron chi connectivity index (χ4n) is 2.38. The van der Waals surface area contributed by atoms with Gasteiger partial charge in [0.1, 0.15) is 0 Å². The number of aromatic nitrogens is 1. The zero-order chi connectivity index (χ0) is 13.2. The Morgan fingerprint density at radius 1 is 1.21 bits per heavy atom. The van der Waals surface area contributed by atoms with Gasteiger partial charge >= 0.3 is 0 Å². The summed E-state index contributed by atoms with van der Waals surface area (Å²) in [5.74, 6) is 0.723. The molecule has 1 aromatic carbocycles. The average Bonchev–Trinajstić information content (AvgIpc) is 3.24. The van der Waals surface area contributed by atoms with Crippen molar-refractivity contribution in [3.8, 4) is 0 Å². The van der Waals surface area contributed by atoms with Crippen LogP contribution in [0.15, 0.2) is 42.6 Å². The molecule has 3 rings (SSSR count). The molecule has 2 nitrogen and oxygen atoms in total. The second kappa shape index (κ2) is 5.22. The van der Waals surface area contributed by atoms with Crippen LogP contribution in [0.4, 0.5) is 5.69 Å². The molecular formula is C16H17ClN2. The summed E-state index contributed by atoms with van der Waals surface area (Å²) in [6.07, 6.45) is 4.41. The molecule has 2 aromatic rings. The van der Waals surface area contributed by atoms with Crippen LogP contribution in [0.5, 0.6) is 0 Å². The first kappa shape index (κ1) is 12.5. The Morgan fingerprint density at radius 3 is 2.58 bits per heavy atom. The van der Waals surface area contributed by atoms with Crippen LogP contribution in [0.2, 0.25) is 5.02 Å². The maximum Gasteiger partial charge on any atom is 0.0603 e. The van der Waals surface area contributed by atoms with Crippen LogP contribution >= 0.6 is 11.6 Å². The number of hydrogen-bond donors (Lipinski definition) is 1. The summed E-state index contributed by atoms with van der Waals surface area (Å²) in [7, 11) is 0. The number of anilines is 1. The van der Waals surface area contributed by atoms with Crippen LogP contribution < -0.4 is 5.32 Å². The molecule has 1 saturated carbocycles. The minimum absolute atomic E-state index is 0.361. The lowest BCUT2D eigenvalue weighted by Crippen LogP contribution is -2.13. The van der Waals surface area contributed by atoms with Crippen LogP contribution in [-0.4, -0.2) is 4.98 Å². The Morgan fingerprint density at radius 2 is 1.95 bits per heavy atom. The molecule has 1 unspecified atom stereocenters. The van der Waals surface area contributed by atoms with Crippen molar-refractivity contribution in [1.82, 2.24) is 4.98 Å². The van der Waals surface area contributed by atoms with Gasteiger partial charge in [0.2, 0.25) is 0 Å². The topological polar surface area (TPSA) is 24.9 Å². The van der Waals surface area contributed by atoms with E-state index >= 15 is 0 Å². The summed E-state index contributed by atoms with van der Waals surface area (Å²) < 4.78 is 0. The number of benzene rings is 1. The first-order chi connectivity index (χ1) is 9.24. The van der Waals surface area contributed by atoms with Crippen LogP contribution in [-0.2, 0) is 0 Å². The van der Waals surface area contributed by atoms with Gasteiger partial charge in [-0.2, -0.15) is 0 Å². The van der Waals surface area contributed by atoms with Gasteiger partial charge in [-0.15, -0.1) is 0 Å². The Balaban J connectivity index is 1.86. The van der Waals surface area contributed by atoms with Gasteiger partial charge in [-0.3, -0.25) is 4.98 Å². The van der Waals surface area contributed by atoms with Gasteiger partial charge < -0.3 is 5.32 Å². The van der Waals surface area contributed by atoms with Gasteiger partial charge in [-0.1, -0.05) is 23.7 Å². The van der Waals surface area contributed by atoms with E-state index < -0.39 is 0 Å². The van der Waals surface area contributed by atoms with Crippen molar-refractivity contribution >= 4 is 17.3 Å². The molecular weight excluding hydrogens is 256 g/mol. The minimum atomic E-state index is 0.361. The molecule has 0 radical (unpaired) electrons. The van der Waals surface area contributed by atoms with E-state index in [4.69, 9.17) is 11.6 Å². The largest absolute Gasteiger partial charge is 0.376 e. The van der Waals surface area contributed by atoms with Gasteiger partial charge in [0.15, 0.2) is 0 Å². The summed E-state index contributed by atoms with van der Waals surface area (Å²) in [6, 6.07) is 12.6. The van der Waals surface area contributed by atoms with Crippen molar-refractivity contribution in [2.24, 2.45) is 5.92 Å². The van der Waals surface area contributed by atoms with E-state index in [1.165, 1.54) is 18.4 Å². The smallest absolute Gasteiger partial charge is 0.0603 e. The summed E-state index contributed by atoms with van der Waals surface area (Å²) in [6.45, 7) is 2.04. The third-order valence-corrected chi connectivity index (χ3v) is 3.89. The van der Waals surface area contributed by atoms with E-state index in [-0.39, 0.29) is 0 Å². The number of nitrogens with one attached hydrogen (secondary N) is 1. The van der Waals surface area contributed by atoms with Crippen molar-refractivity contribution in [1.29, 1.82) is 0 Å². The molecule has 1 heterocycles.